The van der Waals surface area contributed by atoms with Gasteiger partial charge in [0.2, 0.25) is 5.91 Å². The number of aromatic nitrogens is 1. The van der Waals surface area contributed by atoms with Gasteiger partial charge in [0.25, 0.3) is 0 Å². The van der Waals surface area contributed by atoms with Gasteiger partial charge in [-0.05, 0) is 20.8 Å². The maximum atomic E-state index is 11.3. The molecule has 1 unspecified atom stereocenters. The van der Waals surface area contributed by atoms with Crippen molar-refractivity contribution in [2.75, 3.05) is 12.4 Å². The molecule has 1 atom stereocenters. The third-order valence-corrected chi connectivity index (χ3v) is 3.43. The highest BCUT2D eigenvalue weighted by atomic mass is 32.1. The first-order valence-corrected chi connectivity index (χ1v) is 6.34. The number of likely N-dealkylation sites (N-methyl/N-ethyl adjacent to an activating group) is 1. The number of nitrogens with one attached hydrogen (secondary N) is 2. The molecule has 3 N–H and O–H groups in total. The SMILES string of the molecule is CNC(=O)C(C)Nc1nc(C(C)(C)C(=O)O)cs1. The van der Waals surface area contributed by atoms with Crippen molar-refractivity contribution in [3.63, 3.8) is 0 Å². The molecule has 0 saturated heterocycles. The number of carbonyl (C=O) groups excluding carboxylic acids is 1. The zero-order valence-corrected chi connectivity index (χ0v) is 11.6. The molecule has 0 saturated carbocycles. The smallest absolute Gasteiger partial charge is 0.315 e. The number of amides is 1. The van der Waals surface area contributed by atoms with E-state index in [0.717, 1.165) is 0 Å². The summed E-state index contributed by atoms with van der Waals surface area (Å²) >= 11 is 1.28. The number of carboxylic acids is 1. The fourth-order valence-corrected chi connectivity index (χ4v) is 2.17. The second-order valence-electron chi connectivity index (χ2n) is 4.45. The van der Waals surface area contributed by atoms with E-state index in [9.17, 15) is 9.59 Å². The summed E-state index contributed by atoms with van der Waals surface area (Å²) in [5, 5.41) is 16.8. The normalized spacial score (nSPS) is 12.9. The van der Waals surface area contributed by atoms with Crippen molar-refractivity contribution in [3.8, 4) is 0 Å². The summed E-state index contributed by atoms with van der Waals surface area (Å²) in [5.41, 5.74) is -0.557. The Kier molecular flexibility index (Phi) is 4.28. The van der Waals surface area contributed by atoms with Crippen LogP contribution in [0.3, 0.4) is 0 Å². The molecule has 0 aromatic carbocycles. The largest absolute Gasteiger partial charge is 0.481 e. The van der Waals surface area contributed by atoms with Crippen LogP contribution in [0.5, 0.6) is 0 Å². The number of thiazole rings is 1. The van der Waals surface area contributed by atoms with Crippen LogP contribution in [0.4, 0.5) is 5.13 Å². The molecule has 0 bridgehead atoms. The second kappa shape index (κ2) is 5.34. The van der Waals surface area contributed by atoms with Crippen molar-refractivity contribution in [2.24, 2.45) is 0 Å². The van der Waals surface area contributed by atoms with E-state index in [-0.39, 0.29) is 5.91 Å². The van der Waals surface area contributed by atoms with Crippen LogP contribution in [-0.4, -0.2) is 35.1 Å². The number of nitrogens with zero attached hydrogens (tertiary/aromatic N) is 1. The first-order chi connectivity index (χ1) is 8.28. The van der Waals surface area contributed by atoms with Crippen LogP contribution in [-0.2, 0) is 15.0 Å². The minimum Gasteiger partial charge on any atom is -0.481 e. The molecular formula is C11H17N3O3S. The van der Waals surface area contributed by atoms with Gasteiger partial charge in [-0.1, -0.05) is 0 Å². The van der Waals surface area contributed by atoms with Gasteiger partial charge in [0.05, 0.1) is 5.69 Å². The van der Waals surface area contributed by atoms with Crippen LogP contribution in [0.2, 0.25) is 0 Å². The van der Waals surface area contributed by atoms with Gasteiger partial charge >= 0.3 is 5.97 Å². The number of carbonyl (C=O) groups is 2. The lowest BCUT2D eigenvalue weighted by molar-refractivity contribution is -0.142. The predicted molar refractivity (Wildman–Crippen MR) is 69.9 cm³/mol. The molecule has 1 heterocycles. The molecular weight excluding hydrogens is 254 g/mol. The predicted octanol–water partition coefficient (Wildman–Crippen LogP) is 1.05. The van der Waals surface area contributed by atoms with Crippen LogP contribution >= 0.6 is 11.3 Å². The Hall–Kier alpha value is -1.63. The number of carboxylic acid groups (broad SMARTS) is 1. The first kappa shape index (κ1) is 14.4. The van der Waals surface area contributed by atoms with Crippen molar-refractivity contribution < 1.29 is 14.7 Å². The Morgan fingerprint density at radius 2 is 2.11 bits per heavy atom. The summed E-state index contributed by atoms with van der Waals surface area (Å²) in [6.45, 7) is 4.90. The third kappa shape index (κ3) is 2.98. The topological polar surface area (TPSA) is 91.3 Å². The molecule has 0 spiro atoms. The van der Waals surface area contributed by atoms with Gasteiger partial charge in [-0.15, -0.1) is 11.3 Å². The quantitative estimate of drug-likeness (QED) is 0.744. The Labute approximate surface area is 109 Å². The van der Waals surface area contributed by atoms with Gasteiger partial charge in [0, 0.05) is 12.4 Å². The van der Waals surface area contributed by atoms with E-state index in [0.29, 0.717) is 10.8 Å². The van der Waals surface area contributed by atoms with E-state index in [4.69, 9.17) is 5.11 Å². The van der Waals surface area contributed by atoms with Crippen LogP contribution < -0.4 is 10.6 Å². The van der Waals surface area contributed by atoms with E-state index >= 15 is 0 Å². The summed E-state index contributed by atoms with van der Waals surface area (Å²) < 4.78 is 0. The number of anilines is 1. The van der Waals surface area contributed by atoms with Crippen LogP contribution in [0.1, 0.15) is 26.5 Å². The maximum Gasteiger partial charge on any atom is 0.315 e. The Balaban J connectivity index is 2.82. The number of rotatable bonds is 5. The van der Waals surface area contributed by atoms with Crippen molar-refractivity contribution >= 4 is 28.3 Å². The molecule has 6 nitrogen and oxygen atoms in total. The van der Waals surface area contributed by atoms with E-state index in [2.05, 4.69) is 15.6 Å². The van der Waals surface area contributed by atoms with Gasteiger partial charge < -0.3 is 15.7 Å². The van der Waals surface area contributed by atoms with Crippen LogP contribution in [0, 0.1) is 0 Å². The van der Waals surface area contributed by atoms with Crippen molar-refractivity contribution in [1.29, 1.82) is 0 Å². The van der Waals surface area contributed by atoms with E-state index in [1.165, 1.54) is 11.3 Å². The average Bonchev–Trinajstić information content (AvgIpc) is 2.76. The number of hydrogen-bond acceptors (Lipinski definition) is 5. The minimum absolute atomic E-state index is 0.149. The Bertz CT molecular complexity index is 456. The van der Waals surface area contributed by atoms with Crippen molar-refractivity contribution in [3.05, 3.63) is 11.1 Å². The van der Waals surface area contributed by atoms with E-state index in [1.807, 2.05) is 0 Å². The van der Waals surface area contributed by atoms with Crippen LogP contribution in [0.15, 0.2) is 5.38 Å². The summed E-state index contributed by atoms with van der Waals surface area (Å²) in [6.07, 6.45) is 0. The highest BCUT2D eigenvalue weighted by molar-refractivity contribution is 7.13. The molecule has 7 heteroatoms. The standard InChI is InChI=1S/C11H17N3O3S/c1-6(8(15)12-4)13-10-14-7(5-18-10)11(2,3)9(16)17/h5-6H,1-4H3,(H,12,15)(H,13,14)(H,16,17). The molecule has 0 aliphatic heterocycles. The summed E-state index contributed by atoms with van der Waals surface area (Å²) in [6, 6.07) is -0.415. The molecule has 1 aromatic heterocycles. The molecule has 1 aromatic rings. The van der Waals surface area contributed by atoms with Gasteiger partial charge in [0.15, 0.2) is 5.13 Å². The highest BCUT2D eigenvalue weighted by Gasteiger charge is 2.32. The van der Waals surface area contributed by atoms with Gasteiger partial charge in [-0.2, -0.15) is 0 Å². The van der Waals surface area contributed by atoms with Gasteiger partial charge in [-0.3, -0.25) is 9.59 Å². The lowest BCUT2D eigenvalue weighted by Gasteiger charge is -2.16. The third-order valence-electron chi connectivity index (χ3n) is 2.66. The molecule has 0 fully saturated rings. The fourth-order valence-electron chi connectivity index (χ4n) is 1.20. The Morgan fingerprint density at radius 1 is 1.50 bits per heavy atom. The second-order valence-corrected chi connectivity index (χ2v) is 5.31. The van der Waals surface area contributed by atoms with Crippen molar-refractivity contribution in [2.45, 2.75) is 32.2 Å². The Morgan fingerprint density at radius 3 is 2.61 bits per heavy atom. The molecule has 100 valence electrons. The molecule has 1 amide bonds. The number of hydrogen-bond donors (Lipinski definition) is 3. The van der Waals surface area contributed by atoms with E-state index < -0.39 is 17.4 Å². The molecule has 0 aliphatic carbocycles. The van der Waals surface area contributed by atoms with Crippen LogP contribution in [0.25, 0.3) is 0 Å². The molecule has 0 aliphatic rings. The monoisotopic (exact) mass is 271 g/mol. The highest BCUT2D eigenvalue weighted by Crippen LogP contribution is 2.27. The van der Waals surface area contributed by atoms with E-state index in [1.54, 1.807) is 33.2 Å². The zero-order chi connectivity index (χ0) is 13.9. The maximum absolute atomic E-state index is 11.3. The summed E-state index contributed by atoms with van der Waals surface area (Å²) in [7, 11) is 1.56. The van der Waals surface area contributed by atoms with Crippen molar-refractivity contribution in [1.82, 2.24) is 10.3 Å². The summed E-state index contributed by atoms with van der Waals surface area (Å²) in [4.78, 5) is 26.6. The summed E-state index contributed by atoms with van der Waals surface area (Å²) in [5.74, 6) is -1.08. The van der Waals surface area contributed by atoms with Gasteiger partial charge in [0.1, 0.15) is 11.5 Å². The lowest BCUT2D eigenvalue weighted by Crippen LogP contribution is -2.35. The molecule has 18 heavy (non-hydrogen) atoms. The van der Waals surface area contributed by atoms with Gasteiger partial charge in [-0.25, -0.2) is 4.98 Å². The lowest BCUT2D eigenvalue weighted by atomic mass is 9.90. The molecule has 0 radical (unpaired) electrons. The minimum atomic E-state index is -1.04. The first-order valence-electron chi connectivity index (χ1n) is 5.46. The fraction of sp³-hybridized carbons (Fsp3) is 0.545. The average molecular weight is 271 g/mol. The zero-order valence-electron chi connectivity index (χ0n) is 10.8. The number of aliphatic carboxylic acids is 1. The molecule has 1 rings (SSSR count).